The van der Waals surface area contributed by atoms with Crippen molar-refractivity contribution in [2.75, 3.05) is 5.32 Å². The number of benzene rings is 1. The number of carbonyl (C=O) groups is 1. The molecule has 1 aromatic heterocycles. The van der Waals surface area contributed by atoms with Gasteiger partial charge >= 0.3 is 12.1 Å². The van der Waals surface area contributed by atoms with Crippen LogP contribution in [0.5, 0.6) is 0 Å². The summed E-state index contributed by atoms with van der Waals surface area (Å²) in [5.74, 6) is -0.947. The smallest absolute Gasteiger partial charge is 0.416 e. The standard InChI is InChI=1S/C12H9F3N2O3/c13-12(14,15)7-1-3-8(4-2-7)16-6-9-5-10(11(18)19)17-20-9/h1-5,16H,6H2,(H,18,19). The molecule has 1 aromatic carbocycles. The second-order valence-corrected chi connectivity index (χ2v) is 3.91. The van der Waals surface area contributed by atoms with E-state index >= 15 is 0 Å². The van der Waals surface area contributed by atoms with Gasteiger partial charge in [0, 0.05) is 11.8 Å². The normalized spacial score (nSPS) is 11.3. The largest absolute Gasteiger partial charge is 0.476 e. The van der Waals surface area contributed by atoms with Gasteiger partial charge in [0.25, 0.3) is 0 Å². The first kappa shape index (κ1) is 13.9. The van der Waals surface area contributed by atoms with Crippen LogP contribution in [0.2, 0.25) is 0 Å². The van der Waals surface area contributed by atoms with Crippen molar-refractivity contribution in [1.29, 1.82) is 0 Å². The van der Waals surface area contributed by atoms with Crippen LogP contribution in [-0.2, 0) is 12.7 Å². The summed E-state index contributed by atoms with van der Waals surface area (Å²) in [4.78, 5) is 10.6. The van der Waals surface area contributed by atoms with Gasteiger partial charge in [0.05, 0.1) is 12.1 Å². The van der Waals surface area contributed by atoms with Crippen LogP contribution in [0.3, 0.4) is 0 Å². The van der Waals surface area contributed by atoms with E-state index < -0.39 is 17.7 Å². The fourth-order valence-corrected chi connectivity index (χ4v) is 1.46. The molecule has 0 spiro atoms. The Morgan fingerprint density at radius 3 is 2.45 bits per heavy atom. The third-order valence-corrected chi connectivity index (χ3v) is 2.46. The highest BCUT2D eigenvalue weighted by molar-refractivity contribution is 5.85. The first-order valence-corrected chi connectivity index (χ1v) is 5.46. The molecule has 0 saturated heterocycles. The van der Waals surface area contributed by atoms with Crippen LogP contribution in [0.25, 0.3) is 0 Å². The van der Waals surface area contributed by atoms with E-state index in [9.17, 15) is 18.0 Å². The maximum Gasteiger partial charge on any atom is 0.416 e. The van der Waals surface area contributed by atoms with E-state index in [2.05, 4.69) is 10.5 Å². The molecule has 0 bridgehead atoms. The van der Waals surface area contributed by atoms with Gasteiger partial charge in [0.1, 0.15) is 0 Å². The lowest BCUT2D eigenvalue weighted by Crippen LogP contribution is -2.05. The fourth-order valence-electron chi connectivity index (χ4n) is 1.46. The van der Waals surface area contributed by atoms with Crippen molar-refractivity contribution in [3.05, 3.63) is 47.3 Å². The number of aromatic carboxylic acids is 1. The van der Waals surface area contributed by atoms with Crippen molar-refractivity contribution in [2.24, 2.45) is 0 Å². The molecule has 0 saturated carbocycles. The molecule has 5 nitrogen and oxygen atoms in total. The van der Waals surface area contributed by atoms with E-state index in [1.54, 1.807) is 0 Å². The molecule has 0 aliphatic carbocycles. The zero-order chi connectivity index (χ0) is 14.8. The minimum atomic E-state index is -4.38. The highest BCUT2D eigenvalue weighted by Crippen LogP contribution is 2.29. The summed E-state index contributed by atoms with van der Waals surface area (Å²) >= 11 is 0. The number of hydrogen-bond donors (Lipinski definition) is 2. The van der Waals surface area contributed by atoms with Gasteiger partial charge in [-0.25, -0.2) is 4.79 Å². The molecule has 0 atom stereocenters. The summed E-state index contributed by atoms with van der Waals surface area (Å²) in [7, 11) is 0. The molecule has 2 N–H and O–H groups in total. The highest BCUT2D eigenvalue weighted by Gasteiger charge is 2.29. The summed E-state index contributed by atoms with van der Waals surface area (Å²) in [5, 5.41) is 14.7. The zero-order valence-corrected chi connectivity index (χ0v) is 9.94. The molecule has 0 fully saturated rings. The number of hydrogen-bond acceptors (Lipinski definition) is 4. The lowest BCUT2D eigenvalue weighted by atomic mass is 10.2. The molecular formula is C12H9F3N2O3. The molecule has 2 rings (SSSR count). The van der Waals surface area contributed by atoms with Crippen molar-refractivity contribution < 1.29 is 27.6 Å². The van der Waals surface area contributed by atoms with Crippen molar-refractivity contribution in [3.8, 4) is 0 Å². The molecular weight excluding hydrogens is 277 g/mol. The first-order chi connectivity index (χ1) is 9.36. The summed E-state index contributed by atoms with van der Waals surface area (Å²) in [5.41, 5.74) is -0.517. The Kier molecular flexibility index (Phi) is 3.64. The van der Waals surface area contributed by atoms with E-state index in [1.165, 1.54) is 18.2 Å². The van der Waals surface area contributed by atoms with Crippen molar-refractivity contribution >= 4 is 11.7 Å². The number of alkyl halides is 3. The Balaban J connectivity index is 1.98. The Bertz CT molecular complexity index is 605. The molecule has 0 unspecified atom stereocenters. The van der Waals surface area contributed by atoms with Gasteiger partial charge < -0.3 is 14.9 Å². The van der Waals surface area contributed by atoms with Crippen LogP contribution >= 0.6 is 0 Å². The van der Waals surface area contributed by atoms with Crippen LogP contribution < -0.4 is 5.32 Å². The maximum atomic E-state index is 12.3. The number of carboxylic acids is 1. The SMILES string of the molecule is O=C(O)c1cc(CNc2ccc(C(F)(F)F)cc2)on1. The average Bonchev–Trinajstić information content (AvgIpc) is 2.85. The number of carboxylic acid groups (broad SMARTS) is 1. The minimum absolute atomic E-state index is 0.117. The molecule has 1 heterocycles. The highest BCUT2D eigenvalue weighted by atomic mass is 19.4. The molecule has 0 radical (unpaired) electrons. The average molecular weight is 286 g/mol. The van der Waals surface area contributed by atoms with E-state index in [4.69, 9.17) is 9.63 Å². The van der Waals surface area contributed by atoms with Gasteiger partial charge in [-0.3, -0.25) is 0 Å². The topological polar surface area (TPSA) is 75.4 Å². The van der Waals surface area contributed by atoms with Crippen LogP contribution in [0, 0.1) is 0 Å². The monoisotopic (exact) mass is 286 g/mol. The number of rotatable bonds is 4. The quantitative estimate of drug-likeness (QED) is 0.903. The fraction of sp³-hybridized carbons (Fsp3) is 0.167. The predicted octanol–water partition coefficient (Wildman–Crippen LogP) is 3.00. The third kappa shape index (κ3) is 3.28. The lowest BCUT2D eigenvalue weighted by molar-refractivity contribution is -0.137. The third-order valence-electron chi connectivity index (χ3n) is 2.46. The van der Waals surface area contributed by atoms with Crippen LogP contribution in [-0.4, -0.2) is 16.2 Å². The summed E-state index contributed by atoms with van der Waals surface area (Å²) in [6, 6.07) is 5.69. The first-order valence-electron chi connectivity index (χ1n) is 5.46. The van der Waals surface area contributed by atoms with Gasteiger partial charge in [0.2, 0.25) is 0 Å². The second-order valence-electron chi connectivity index (χ2n) is 3.91. The number of halogens is 3. The van der Waals surface area contributed by atoms with E-state index in [0.717, 1.165) is 12.1 Å². The second kappa shape index (κ2) is 5.24. The van der Waals surface area contributed by atoms with E-state index in [-0.39, 0.29) is 18.0 Å². The van der Waals surface area contributed by atoms with Crippen molar-refractivity contribution in [1.82, 2.24) is 5.16 Å². The molecule has 0 amide bonds. The summed E-state index contributed by atoms with van der Waals surface area (Å²) in [6.07, 6.45) is -4.38. The lowest BCUT2D eigenvalue weighted by Gasteiger charge is -2.08. The number of aromatic nitrogens is 1. The van der Waals surface area contributed by atoms with Crippen molar-refractivity contribution in [2.45, 2.75) is 12.7 Å². The van der Waals surface area contributed by atoms with E-state index in [0.29, 0.717) is 5.69 Å². The van der Waals surface area contributed by atoms with Gasteiger partial charge in [0.15, 0.2) is 11.5 Å². The summed E-state index contributed by atoms with van der Waals surface area (Å²) in [6.45, 7) is 0.117. The number of anilines is 1. The van der Waals surface area contributed by atoms with Crippen LogP contribution in [0.4, 0.5) is 18.9 Å². The Morgan fingerprint density at radius 2 is 1.95 bits per heavy atom. The zero-order valence-electron chi connectivity index (χ0n) is 9.94. The molecule has 20 heavy (non-hydrogen) atoms. The Morgan fingerprint density at radius 1 is 1.30 bits per heavy atom. The molecule has 106 valence electrons. The van der Waals surface area contributed by atoms with Gasteiger partial charge in [-0.05, 0) is 24.3 Å². The number of nitrogens with zero attached hydrogens (tertiary/aromatic N) is 1. The Hall–Kier alpha value is -2.51. The number of nitrogens with one attached hydrogen (secondary N) is 1. The van der Waals surface area contributed by atoms with Gasteiger partial charge in [-0.2, -0.15) is 13.2 Å². The predicted molar refractivity (Wildman–Crippen MR) is 62.2 cm³/mol. The van der Waals surface area contributed by atoms with Crippen LogP contribution in [0.1, 0.15) is 21.8 Å². The van der Waals surface area contributed by atoms with Crippen LogP contribution in [0.15, 0.2) is 34.9 Å². The maximum absolute atomic E-state index is 12.3. The Labute approximate surface area is 111 Å². The molecule has 8 heteroatoms. The molecule has 0 aliphatic rings. The molecule has 0 aliphatic heterocycles. The van der Waals surface area contributed by atoms with Crippen molar-refractivity contribution in [3.63, 3.8) is 0 Å². The summed E-state index contributed by atoms with van der Waals surface area (Å²) < 4.78 is 41.8. The van der Waals surface area contributed by atoms with E-state index in [1.807, 2.05) is 0 Å². The van der Waals surface area contributed by atoms with Gasteiger partial charge in [-0.1, -0.05) is 5.16 Å². The van der Waals surface area contributed by atoms with Gasteiger partial charge in [-0.15, -0.1) is 0 Å². The molecule has 2 aromatic rings. The minimum Gasteiger partial charge on any atom is -0.476 e.